The summed E-state index contributed by atoms with van der Waals surface area (Å²) in [7, 11) is 0. The van der Waals surface area contributed by atoms with Gasteiger partial charge in [0.1, 0.15) is 0 Å². The number of hydrogen-bond acceptors (Lipinski definition) is 6. The molecule has 3 rings (SSSR count). The highest BCUT2D eigenvalue weighted by Crippen LogP contribution is 2.18. The number of hydroxylamine groups is 1. The minimum absolute atomic E-state index is 0.0893. The van der Waals surface area contributed by atoms with Crippen molar-refractivity contribution < 1.29 is 14.4 Å². The molecule has 1 unspecified atom stereocenters. The van der Waals surface area contributed by atoms with Gasteiger partial charge in [0.15, 0.2) is 0 Å². The predicted octanol–water partition coefficient (Wildman–Crippen LogP) is 2.28. The number of amides is 2. The van der Waals surface area contributed by atoms with Gasteiger partial charge in [-0.3, -0.25) is 4.79 Å². The van der Waals surface area contributed by atoms with E-state index in [9.17, 15) is 9.59 Å². The number of benzene rings is 1. The van der Waals surface area contributed by atoms with E-state index in [0.717, 1.165) is 12.8 Å². The minimum Gasteiger partial charge on any atom is -0.321 e. The van der Waals surface area contributed by atoms with Crippen molar-refractivity contribution >= 4 is 12.0 Å². The summed E-state index contributed by atoms with van der Waals surface area (Å²) < 4.78 is 0. The monoisotopic (exact) mass is 351 g/mol. The van der Waals surface area contributed by atoms with Crippen molar-refractivity contribution in [3.05, 3.63) is 47.9 Å². The fraction of sp³-hybridized carbons (Fsp3) is 0.278. The molecule has 1 aromatic carbocycles. The van der Waals surface area contributed by atoms with Crippen LogP contribution in [0.3, 0.4) is 0 Å². The van der Waals surface area contributed by atoms with Crippen LogP contribution in [0.15, 0.2) is 36.5 Å². The topological polar surface area (TPSA) is 108 Å². The van der Waals surface area contributed by atoms with Crippen molar-refractivity contribution in [3.8, 4) is 17.3 Å². The van der Waals surface area contributed by atoms with E-state index in [1.165, 1.54) is 6.20 Å². The molecular weight excluding hydrogens is 334 g/mol. The van der Waals surface area contributed by atoms with Crippen molar-refractivity contribution in [1.82, 2.24) is 20.3 Å². The fourth-order valence-corrected chi connectivity index (χ4v) is 2.78. The van der Waals surface area contributed by atoms with Crippen molar-refractivity contribution in [1.29, 1.82) is 5.26 Å². The summed E-state index contributed by atoms with van der Waals surface area (Å²) in [5.41, 5.74) is 3.75. The number of aromatic nitrogens is 2. The van der Waals surface area contributed by atoms with Gasteiger partial charge in [0, 0.05) is 24.3 Å². The first-order chi connectivity index (χ1) is 12.6. The van der Waals surface area contributed by atoms with Crippen molar-refractivity contribution in [2.75, 3.05) is 6.54 Å². The Hall–Kier alpha value is -3.47. The lowest BCUT2D eigenvalue weighted by Gasteiger charge is -2.19. The third-order valence-electron chi connectivity index (χ3n) is 4.16. The van der Waals surface area contributed by atoms with Crippen molar-refractivity contribution in [3.63, 3.8) is 0 Å². The summed E-state index contributed by atoms with van der Waals surface area (Å²) in [5.74, 6) is -0.851. The molecule has 0 bridgehead atoms. The molecule has 0 spiro atoms. The Kier molecular flexibility index (Phi) is 5.08. The smallest absolute Gasteiger partial charge is 0.321 e. The average Bonchev–Trinajstić information content (AvgIpc) is 3.12. The Morgan fingerprint density at radius 1 is 1.38 bits per heavy atom. The van der Waals surface area contributed by atoms with Crippen LogP contribution < -0.4 is 5.48 Å². The van der Waals surface area contributed by atoms with E-state index in [-0.39, 0.29) is 11.9 Å². The first-order valence-electron chi connectivity index (χ1n) is 8.20. The SMILES string of the molecule is CC1CCCN1C(=O)ONC(=O)c1nccc(-c2cccc(C#N)c2)n1. The molecule has 1 aliphatic rings. The number of nitrogens with one attached hydrogen (secondary N) is 1. The lowest BCUT2D eigenvalue weighted by Crippen LogP contribution is -2.39. The van der Waals surface area contributed by atoms with Crippen LogP contribution in [-0.4, -0.2) is 39.5 Å². The lowest BCUT2D eigenvalue weighted by molar-refractivity contribution is 0.0404. The lowest BCUT2D eigenvalue weighted by atomic mass is 10.1. The molecule has 8 heteroatoms. The molecule has 1 atom stereocenters. The molecule has 0 saturated carbocycles. The summed E-state index contributed by atoms with van der Waals surface area (Å²) in [4.78, 5) is 38.6. The van der Waals surface area contributed by atoms with Crippen LogP contribution in [0.1, 0.15) is 35.9 Å². The van der Waals surface area contributed by atoms with E-state index < -0.39 is 12.0 Å². The molecule has 0 radical (unpaired) electrons. The number of hydrogen-bond donors (Lipinski definition) is 1. The molecule has 1 N–H and O–H groups in total. The molecule has 1 aliphatic heterocycles. The molecule has 2 aromatic rings. The normalized spacial score (nSPS) is 16.0. The molecule has 0 aliphatic carbocycles. The molecule has 1 saturated heterocycles. The van der Waals surface area contributed by atoms with Gasteiger partial charge in [0.25, 0.3) is 0 Å². The second kappa shape index (κ2) is 7.61. The van der Waals surface area contributed by atoms with Crippen LogP contribution in [0.5, 0.6) is 0 Å². The van der Waals surface area contributed by atoms with Gasteiger partial charge in [-0.2, -0.15) is 10.7 Å². The zero-order valence-electron chi connectivity index (χ0n) is 14.2. The zero-order chi connectivity index (χ0) is 18.5. The molecule has 26 heavy (non-hydrogen) atoms. The van der Waals surface area contributed by atoms with Gasteiger partial charge in [0.05, 0.1) is 17.3 Å². The van der Waals surface area contributed by atoms with Gasteiger partial charge in [0.2, 0.25) is 5.82 Å². The number of carbonyl (C=O) groups is 2. The summed E-state index contributed by atoms with van der Waals surface area (Å²) in [6.45, 7) is 2.54. The summed E-state index contributed by atoms with van der Waals surface area (Å²) in [5, 5.41) is 8.98. The summed E-state index contributed by atoms with van der Waals surface area (Å²) in [6.07, 6.45) is 2.66. The van der Waals surface area contributed by atoms with Crippen LogP contribution in [-0.2, 0) is 4.84 Å². The van der Waals surface area contributed by atoms with E-state index >= 15 is 0 Å². The predicted molar refractivity (Wildman–Crippen MR) is 91.5 cm³/mol. The largest absolute Gasteiger partial charge is 0.434 e. The first kappa shape index (κ1) is 17.4. The second-order valence-electron chi connectivity index (χ2n) is 5.94. The molecule has 2 heterocycles. The molecule has 1 fully saturated rings. The van der Waals surface area contributed by atoms with E-state index in [4.69, 9.17) is 10.1 Å². The Labute approximate surface area is 150 Å². The van der Waals surface area contributed by atoms with E-state index in [1.807, 2.05) is 6.92 Å². The van der Waals surface area contributed by atoms with E-state index in [0.29, 0.717) is 23.4 Å². The van der Waals surface area contributed by atoms with Gasteiger partial charge in [-0.1, -0.05) is 12.1 Å². The molecular formula is C18H17N5O3. The van der Waals surface area contributed by atoms with Crippen LogP contribution in [0, 0.1) is 11.3 Å². The van der Waals surface area contributed by atoms with Gasteiger partial charge in [-0.15, -0.1) is 0 Å². The molecule has 1 aromatic heterocycles. The minimum atomic E-state index is -0.719. The highest BCUT2D eigenvalue weighted by Gasteiger charge is 2.27. The number of rotatable bonds is 2. The maximum atomic E-state index is 12.2. The van der Waals surface area contributed by atoms with Crippen LogP contribution in [0.25, 0.3) is 11.3 Å². The Bertz CT molecular complexity index is 877. The second-order valence-corrected chi connectivity index (χ2v) is 5.94. The molecule has 2 amide bonds. The zero-order valence-corrected chi connectivity index (χ0v) is 14.2. The Morgan fingerprint density at radius 3 is 2.96 bits per heavy atom. The van der Waals surface area contributed by atoms with Crippen LogP contribution in [0.2, 0.25) is 0 Å². The summed E-state index contributed by atoms with van der Waals surface area (Å²) in [6, 6.07) is 10.6. The van der Waals surface area contributed by atoms with Gasteiger partial charge in [-0.05, 0) is 38.0 Å². The first-order valence-corrected chi connectivity index (χ1v) is 8.20. The van der Waals surface area contributed by atoms with Crippen molar-refractivity contribution in [2.45, 2.75) is 25.8 Å². The molecule has 132 valence electrons. The fourth-order valence-electron chi connectivity index (χ4n) is 2.78. The van der Waals surface area contributed by atoms with Crippen molar-refractivity contribution in [2.24, 2.45) is 0 Å². The third-order valence-corrected chi connectivity index (χ3v) is 4.16. The van der Waals surface area contributed by atoms with Gasteiger partial charge >= 0.3 is 12.0 Å². The van der Waals surface area contributed by atoms with Gasteiger partial charge in [-0.25, -0.2) is 14.8 Å². The van der Waals surface area contributed by atoms with E-state index in [2.05, 4.69) is 21.5 Å². The maximum absolute atomic E-state index is 12.2. The number of nitrogens with zero attached hydrogens (tertiary/aromatic N) is 4. The average molecular weight is 351 g/mol. The molecule has 8 nitrogen and oxygen atoms in total. The number of likely N-dealkylation sites (tertiary alicyclic amines) is 1. The standard InChI is InChI=1S/C18H17N5O3/c1-12-4-3-9-23(12)18(25)26-22-17(24)16-20-8-7-15(21-16)14-6-2-5-13(10-14)11-19/h2,5-8,10,12H,3-4,9H2,1H3,(H,22,24). The van der Waals surface area contributed by atoms with E-state index in [1.54, 1.807) is 35.2 Å². The van der Waals surface area contributed by atoms with Gasteiger partial charge < -0.3 is 9.74 Å². The number of carbonyl (C=O) groups excluding carboxylic acids is 2. The third kappa shape index (κ3) is 3.78. The maximum Gasteiger partial charge on any atom is 0.434 e. The van der Waals surface area contributed by atoms with Crippen LogP contribution >= 0.6 is 0 Å². The highest BCUT2D eigenvalue weighted by molar-refractivity contribution is 5.91. The number of nitriles is 1. The Balaban J connectivity index is 1.68. The quantitative estimate of drug-likeness (QED) is 0.832. The Morgan fingerprint density at radius 2 is 2.23 bits per heavy atom. The van der Waals surface area contributed by atoms with Crippen LogP contribution in [0.4, 0.5) is 4.79 Å². The highest BCUT2D eigenvalue weighted by atomic mass is 16.7. The summed E-state index contributed by atoms with van der Waals surface area (Å²) >= 11 is 0.